The van der Waals surface area contributed by atoms with Crippen molar-refractivity contribution in [2.45, 2.75) is 69.1 Å². The van der Waals surface area contributed by atoms with Crippen LogP contribution in [0.5, 0.6) is 0 Å². The van der Waals surface area contributed by atoms with Crippen molar-refractivity contribution in [3.63, 3.8) is 0 Å². The zero-order valence-corrected chi connectivity index (χ0v) is 24.5. The van der Waals surface area contributed by atoms with Crippen LogP contribution in [-0.4, -0.2) is 21.6 Å². The number of halogens is 2. The number of unbranched alkanes of at least 4 members (excludes halogenated alkanes) is 1. The standard InChI is InChI=1S/C34H33F2N3O3S/c35-24-9-12-26(13-10-24)39-27(5-1-2-7-32(40)38-43-28-14-15-28)20-23-18-22(8-16-30(23)34(39)42)33(41)37-31-6-3-4-21-19-25(36)11-17-29(21)31/h8-13,16-20,28,31H,1-7,14-15H2,(H,37,41)(H,38,40). The first-order chi connectivity index (χ1) is 20.9. The van der Waals surface area contributed by atoms with E-state index in [4.69, 9.17) is 0 Å². The largest absolute Gasteiger partial charge is 0.345 e. The molecule has 9 heteroatoms. The van der Waals surface area contributed by atoms with Gasteiger partial charge in [-0.25, -0.2) is 8.78 Å². The first-order valence-electron chi connectivity index (χ1n) is 14.8. The molecule has 222 valence electrons. The van der Waals surface area contributed by atoms with Gasteiger partial charge in [0.2, 0.25) is 5.91 Å². The minimum absolute atomic E-state index is 0.00714. The molecule has 0 radical (unpaired) electrons. The Morgan fingerprint density at radius 2 is 1.70 bits per heavy atom. The van der Waals surface area contributed by atoms with Crippen molar-refractivity contribution < 1.29 is 18.4 Å². The third-order valence-electron chi connectivity index (χ3n) is 8.12. The molecule has 0 spiro atoms. The minimum Gasteiger partial charge on any atom is -0.345 e. The molecule has 1 saturated carbocycles. The van der Waals surface area contributed by atoms with Gasteiger partial charge >= 0.3 is 0 Å². The van der Waals surface area contributed by atoms with Gasteiger partial charge in [-0.3, -0.25) is 23.7 Å². The summed E-state index contributed by atoms with van der Waals surface area (Å²) in [5.41, 5.74) is 3.30. The molecular weight excluding hydrogens is 568 g/mol. The molecule has 2 N–H and O–H groups in total. The molecule has 0 saturated heterocycles. The van der Waals surface area contributed by atoms with E-state index in [1.807, 2.05) is 6.07 Å². The summed E-state index contributed by atoms with van der Waals surface area (Å²) in [6, 6.07) is 17.2. The Bertz CT molecular complexity index is 1730. The SMILES string of the molecule is O=C(CCCCc1cc2cc(C(=O)NC3CCCc4cc(F)ccc43)ccc2c(=O)n1-c1ccc(F)cc1)NSC1CC1. The second-order valence-corrected chi connectivity index (χ2v) is 12.5. The molecule has 0 aliphatic heterocycles. The van der Waals surface area contributed by atoms with Gasteiger partial charge in [-0.15, -0.1) is 0 Å². The number of nitrogens with zero attached hydrogens (tertiary/aromatic N) is 1. The summed E-state index contributed by atoms with van der Waals surface area (Å²) in [6.45, 7) is 0. The van der Waals surface area contributed by atoms with Crippen molar-refractivity contribution in [2.24, 2.45) is 0 Å². The van der Waals surface area contributed by atoms with Gasteiger partial charge in [0.25, 0.3) is 11.5 Å². The number of hydrogen-bond donors (Lipinski definition) is 2. The molecular formula is C34H33F2N3O3S. The molecule has 1 heterocycles. The molecule has 1 unspecified atom stereocenters. The summed E-state index contributed by atoms with van der Waals surface area (Å²) in [6.07, 6.45) is 6.95. The van der Waals surface area contributed by atoms with Crippen molar-refractivity contribution in [2.75, 3.05) is 0 Å². The number of rotatable bonds is 10. The van der Waals surface area contributed by atoms with Crippen molar-refractivity contribution in [1.29, 1.82) is 0 Å². The summed E-state index contributed by atoms with van der Waals surface area (Å²) in [7, 11) is 0. The number of hydrogen-bond acceptors (Lipinski definition) is 4. The highest BCUT2D eigenvalue weighted by Crippen LogP contribution is 2.32. The second-order valence-electron chi connectivity index (χ2n) is 11.4. The van der Waals surface area contributed by atoms with Gasteiger partial charge in [0, 0.05) is 34.0 Å². The molecule has 4 aromatic rings. The van der Waals surface area contributed by atoms with Gasteiger partial charge in [0.05, 0.1) is 6.04 Å². The van der Waals surface area contributed by atoms with E-state index in [0.717, 1.165) is 48.9 Å². The Hall–Kier alpha value is -3.98. The number of amides is 2. The van der Waals surface area contributed by atoms with Crippen molar-refractivity contribution in [3.8, 4) is 5.69 Å². The van der Waals surface area contributed by atoms with Gasteiger partial charge in [0.1, 0.15) is 11.6 Å². The maximum atomic E-state index is 13.8. The summed E-state index contributed by atoms with van der Waals surface area (Å²) in [5, 5.41) is 4.72. The lowest BCUT2D eigenvalue weighted by molar-refractivity contribution is -0.119. The van der Waals surface area contributed by atoms with Crippen LogP contribution in [0, 0.1) is 11.6 Å². The average molecular weight is 602 g/mol. The number of carbonyl (C=O) groups excluding carboxylic acids is 2. The summed E-state index contributed by atoms with van der Waals surface area (Å²) in [5.74, 6) is -0.926. The lowest BCUT2D eigenvalue weighted by Crippen LogP contribution is -2.31. The van der Waals surface area contributed by atoms with E-state index in [1.54, 1.807) is 41.0 Å². The van der Waals surface area contributed by atoms with Crippen LogP contribution in [0.2, 0.25) is 0 Å². The quantitative estimate of drug-likeness (QED) is 0.156. The van der Waals surface area contributed by atoms with E-state index in [9.17, 15) is 23.2 Å². The van der Waals surface area contributed by atoms with Crippen LogP contribution in [0.1, 0.15) is 78.2 Å². The van der Waals surface area contributed by atoms with Crippen molar-refractivity contribution in [1.82, 2.24) is 14.6 Å². The fourth-order valence-corrected chi connectivity index (χ4v) is 6.49. The minimum atomic E-state index is -0.393. The van der Waals surface area contributed by atoms with E-state index in [-0.39, 0.29) is 29.2 Å². The van der Waals surface area contributed by atoms with Gasteiger partial charge in [-0.2, -0.15) is 0 Å². The zero-order valence-electron chi connectivity index (χ0n) is 23.7. The molecule has 0 bridgehead atoms. The predicted octanol–water partition coefficient (Wildman–Crippen LogP) is 6.72. The normalized spacial score (nSPS) is 16.1. The van der Waals surface area contributed by atoms with Gasteiger partial charge in [-0.1, -0.05) is 6.07 Å². The van der Waals surface area contributed by atoms with Gasteiger partial charge < -0.3 is 5.32 Å². The second kappa shape index (κ2) is 12.7. The van der Waals surface area contributed by atoms with E-state index in [2.05, 4.69) is 10.0 Å². The number of pyridine rings is 1. The third kappa shape index (κ3) is 6.82. The highest BCUT2D eigenvalue weighted by molar-refractivity contribution is 7.98. The fraction of sp³-hybridized carbons (Fsp3) is 0.324. The zero-order chi connectivity index (χ0) is 29.9. The maximum Gasteiger partial charge on any atom is 0.263 e. The number of aryl methyl sites for hydroxylation is 2. The molecule has 6 nitrogen and oxygen atoms in total. The fourth-order valence-electron chi connectivity index (χ4n) is 5.72. The molecule has 1 atom stereocenters. The third-order valence-corrected chi connectivity index (χ3v) is 9.27. The predicted molar refractivity (Wildman–Crippen MR) is 165 cm³/mol. The monoisotopic (exact) mass is 601 g/mol. The first kappa shape index (κ1) is 29.1. The number of nitrogens with one attached hydrogen (secondary N) is 2. The number of fused-ring (bicyclic) bond motifs is 2. The van der Waals surface area contributed by atoms with Crippen LogP contribution in [0.3, 0.4) is 0 Å². The number of benzene rings is 3. The Balaban J connectivity index is 1.24. The molecule has 1 aromatic heterocycles. The highest BCUT2D eigenvalue weighted by atomic mass is 32.2. The maximum absolute atomic E-state index is 13.8. The van der Waals surface area contributed by atoms with Crippen LogP contribution in [0.15, 0.2) is 71.5 Å². The number of carbonyl (C=O) groups is 2. The summed E-state index contributed by atoms with van der Waals surface area (Å²) >= 11 is 1.50. The van der Waals surface area contributed by atoms with Crippen molar-refractivity contribution >= 4 is 34.5 Å². The number of aromatic nitrogens is 1. The summed E-state index contributed by atoms with van der Waals surface area (Å²) in [4.78, 5) is 39.3. The molecule has 2 amide bonds. The van der Waals surface area contributed by atoms with Crippen LogP contribution < -0.4 is 15.6 Å². The molecule has 1 fully saturated rings. The molecule has 2 aliphatic carbocycles. The lowest BCUT2D eigenvalue weighted by Gasteiger charge is -2.26. The van der Waals surface area contributed by atoms with Crippen LogP contribution in [-0.2, 0) is 17.6 Å². The van der Waals surface area contributed by atoms with E-state index < -0.39 is 5.82 Å². The topological polar surface area (TPSA) is 80.2 Å². The molecule has 2 aliphatic rings. The van der Waals surface area contributed by atoms with Crippen LogP contribution in [0.25, 0.3) is 16.5 Å². The van der Waals surface area contributed by atoms with Gasteiger partial charge in [0.15, 0.2) is 0 Å². The van der Waals surface area contributed by atoms with Crippen molar-refractivity contribution in [3.05, 3.63) is 111 Å². The first-order valence-corrected chi connectivity index (χ1v) is 15.7. The molecule has 43 heavy (non-hydrogen) atoms. The van der Waals surface area contributed by atoms with Gasteiger partial charge in [-0.05, 0) is 140 Å². The molecule has 3 aromatic carbocycles. The smallest absolute Gasteiger partial charge is 0.263 e. The van der Waals surface area contributed by atoms with Crippen LogP contribution >= 0.6 is 11.9 Å². The van der Waals surface area contributed by atoms with E-state index in [0.29, 0.717) is 53.0 Å². The Morgan fingerprint density at radius 1 is 0.907 bits per heavy atom. The van der Waals surface area contributed by atoms with Crippen LogP contribution in [0.4, 0.5) is 8.78 Å². The van der Waals surface area contributed by atoms with E-state index >= 15 is 0 Å². The lowest BCUT2D eigenvalue weighted by atomic mass is 9.87. The highest BCUT2D eigenvalue weighted by Gasteiger charge is 2.24. The average Bonchev–Trinajstić information content (AvgIpc) is 3.83. The Labute approximate surface area is 253 Å². The Kier molecular flexibility index (Phi) is 8.61. The molecule has 6 rings (SSSR count). The summed E-state index contributed by atoms with van der Waals surface area (Å²) < 4.78 is 32.0. The van der Waals surface area contributed by atoms with E-state index in [1.165, 1.54) is 36.2 Å². The Morgan fingerprint density at radius 3 is 2.49 bits per heavy atom.